The van der Waals surface area contributed by atoms with Crippen LogP contribution >= 0.6 is 0 Å². The monoisotopic (exact) mass is 206 g/mol. The average Bonchev–Trinajstić information content (AvgIpc) is 2.46. The van der Waals surface area contributed by atoms with E-state index in [0.29, 0.717) is 17.3 Å². The molecular weight excluding hydrogens is 184 g/mol. The number of hydrogen-bond donors (Lipinski definition) is 0. The van der Waals surface area contributed by atoms with Gasteiger partial charge >= 0.3 is 0 Å². The Morgan fingerprint density at radius 2 is 2.13 bits per heavy atom. The first-order valence-corrected chi connectivity index (χ1v) is 6.07. The van der Waals surface area contributed by atoms with Gasteiger partial charge in [-0.1, -0.05) is 32.4 Å². The Morgan fingerprint density at radius 3 is 2.53 bits per heavy atom. The number of hydrogen-bond acceptors (Lipinski definition) is 1. The molecule has 2 bridgehead atoms. The Balaban J connectivity index is 2.26. The lowest BCUT2D eigenvalue weighted by Gasteiger charge is -2.35. The minimum atomic E-state index is 0.284. The highest BCUT2D eigenvalue weighted by atomic mass is 16.1. The molecule has 0 amide bonds. The van der Waals surface area contributed by atoms with Crippen molar-refractivity contribution in [3.8, 4) is 0 Å². The summed E-state index contributed by atoms with van der Waals surface area (Å²) in [4.78, 5) is 11.0. The molecule has 0 radical (unpaired) electrons. The summed E-state index contributed by atoms with van der Waals surface area (Å²) >= 11 is 0. The molecule has 2 aliphatic rings. The van der Waals surface area contributed by atoms with E-state index in [1.165, 1.54) is 19.3 Å². The highest BCUT2D eigenvalue weighted by Crippen LogP contribution is 2.67. The zero-order chi connectivity index (χ0) is 11.3. The zero-order valence-electron chi connectivity index (χ0n) is 10.4. The maximum atomic E-state index is 11.0. The maximum absolute atomic E-state index is 11.0. The Kier molecular flexibility index (Phi) is 2.33. The molecule has 0 spiro atoms. The van der Waals surface area contributed by atoms with Gasteiger partial charge in [-0.15, -0.1) is 0 Å². The third-order valence-electron chi connectivity index (χ3n) is 5.25. The molecule has 0 saturated heterocycles. The van der Waals surface area contributed by atoms with E-state index in [2.05, 4.69) is 26.8 Å². The minimum Gasteiger partial charge on any atom is -0.300 e. The molecule has 0 heterocycles. The molecule has 0 aromatic rings. The number of carbonyl (C=O) groups excluding carboxylic acids is 1. The highest BCUT2D eigenvalue weighted by molar-refractivity contribution is 5.77. The number of Topliss-reactive ketones (excluding diaryl/α,β-unsaturated/α-hetero) is 1. The smallest absolute Gasteiger partial charge is 0.133 e. The van der Waals surface area contributed by atoms with Crippen LogP contribution in [0.3, 0.4) is 0 Å². The fraction of sp³-hybridized carbons (Fsp3) is 0.786. The predicted molar refractivity (Wildman–Crippen MR) is 62.6 cm³/mol. The van der Waals surface area contributed by atoms with Gasteiger partial charge < -0.3 is 0 Å². The van der Waals surface area contributed by atoms with Crippen molar-refractivity contribution in [2.24, 2.45) is 16.7 Å². The molecule has 0 N–H and O–H groups in total. The van der Waals surface area contributed by atoms with E-state index in [1.54, 1.807) is 12.5 Å². The fourth-order valence-corrected chi connectivity index (χ4v) is 3.59. The summed E-state index contributed by atoms with van der Waals surface area (Å²) in [6.45, 7) is 8.88. The first-order valence-electron chi connectivity index (χ1n) is 6.07. The van der Waals surface area contributed by atoms with Crippen molar-refractivity contribution in [3.05, 3.63) is 11.6 Å². The quantitative estimate of drug-likeness (QED) is 0.629. The molecule has 0 aliphatic heterocycles. The van der Waals surface area contributed by atoms with Gasteiger partial charge in [-0.2, -0.15) is 0 Å². The lowest BCUT2D eigenvalue weighted by atomic mass is 9.69. The molecule has 0 unspecified atom stereocenters. The molecule has 1 heteroatoms. The summed E-state index contributed by atoms with van der Waals surface area (Å²) in [5.41, 5.74) is 2.36. The van der Waals surface area contributed by atoms with Gasteiger partial charge in [-0.25, -0.2) is 0 Å². The van der Waals surface area contributed by atoms with Gasteiger partial charge in [0.25, 0.3) is 0 Å². The number of carbonyl (C=O) groups is 1. The summed E-state index contributed by atoms with van der Waals surface area (Å²) in [5, 5.41) is 0. The van der Waals surface area contributed by atoms with Crippen molar-refractivity contribution >= 4 is 5.78 Å². The molecule has 2 fully saturated rings. The molecule has 1 nitrogen and oxygen atoms in total. The largest absolute Gasteiger partial charge is 0.300 e. The van der Waals surface area contributed by atoms with Crippen LogP contribution in [0.25, 0.3) is 0 Å². The van der Waals surface area contributed by atoms with Crippen molar-refractivity contribution in [1.29, 1.82) is 0 Å². The number of fused-ring (bicyclic) bond motifs is 2. The van der Waals surface area contributed by atoms with Gasteiger partial charge in [0.15, 0.2) is 0 Å². The Morgan fingerprint density at radius 1 is 1.47 bits per heavy atom. The van der Waals surface area contributed by atoms with Crippen LogP contribution in [0, 0.1) is 16.7 Å². The van der Waals surface area contributed by atoms with Crippen molar-refractivity contribution < 1.29 is 4.79 Å². The molecule has 15 heavy (non-hydrogen) atoms. The number of ketones is 1. The average molecular weight is 206 g/mol. The van der Waals surface area contributed by atoms with Crippen molar-refractivity contribution in [2.45, 2.75) is 53.4 Å². The van der Waals surface area contributed by atoms with E-state index in [0.717, 1.165) is 5.92 Å². The van der Waals surface area contributed by atoms with Crippen molar-refractivity contribution in [2.75, 3.05) is 0 Å². The van der Waals surface area contributed by atoms with Crippen molar-refractivity contribution in [1.82, 2.24) is 0 Å². The second-order valence-corrected chi connectivity index (χ2v) is 6.13. The van der Waals surface area contributed by atoms with Crippen LogP contribution in [-0.4, -0.2) is 5.78 Å². The van der Waals surface area contributed by atoms with E-state index in [4.69, 9.17) is 0 Å². The summed E-state index contributed by atoms with van der Waals surface area (Å²) in [7, 11) is 0. The first-order chi connectivity index (χ1) is 6.88. The summed E-state index contributed by atoms with van der Waals surface area (Å²) < 4.78 is 0. The van der Waals surface area contributed by atoms with Crippen LogP contribution < -0.4 is 0 Å². The number of rotatable bonds is 2. The van der Waals surface area contributed by atoms with Gasteiger partial charge in [0.05, 0.1) is 0 Å². The molecular formula is C14H22O. The minimum absolute atomic E-state index is 0.284. The third kappa shape index (κ3) is 1.39. The van der Waals surface area contributed by atoms with Crippen molar-refractivity contribution in [3.63, 3.8) is 0 Å². The molecule has 84 valence electrons. The molecule has 2 rings (SSSR count). The van der Waals surface area contributed by atoms with Crippen LogP contribution in [0.5, 0.6) is 0 Å². The predicted octanol–water partition coefficient (Wildman–Crippen LogP) is 3.74. The Hall–Kier alpha value is -0.590. The summed E-state index contributed by atoms with van der Waals surface area (Å²) in [6, 6.07) is 0. The van der Waals surface area contributed by atoms with Gasteiger partial charge in [-0.05, 0) is 42.9 Å². The Bertz CT molecular complexity index is 324. The van der Waals surface area contributed by atoms with E-state index in [1.807, 2.05) is 0 Å². The van der Waals surface area contributed by atoms with Crippen LogP contribution in [-0.2, 0) is 4.79 Å². The topological polar surface area (TPSA) is 17.1 Å². The standard InChI is InChI=1S/C14H22O/c1-10(15)5-6-12-9-11-7-8-14(12,4)13(11,2)3/h6,11H,5,7-9H2,1-4H3/b12-6-/t11-,14+/m1/s1. The Labute approximate surface area is 92.9 Å². The lowest BCUT2D eigenvalue weighted by molar-refractivity contribution is -0.116. The van der Waals surface area contributed by atoms with Gasteiger partial charge in [0, 0.05) is 6.42 Å². The van der Waals surface area contributed by atoms with Crippen LogP contribution in [0.1, 0.15) is 53.4 Å². The first kappa shape index (κ1) is 10.9. The molecule has 2 atom stereocenters. The van der Waals surface area contributed by atoms with E-state index in [9.17, 15) is 4.79 Å². The van der Waals surface area contributed by atoms with Gasteiger partial charge in [-0.3, -0.25) is 4.79 Å². The highest BCUT2D eigenvalue weighted by Gasteiger charge is 2.58. The zero-order valence-corrected chi connectivity index (χ0v) is 10.4. The van der Waals surface area contributed by atoms with Gasteiger partial charge in [0.2, 0.25) is 0 Å². The maximum Gasteiger partial charge on any atom is 0.133 e. The van der Waals surface area contributed by atoms with Crippen LogP contribution in [0.15, 0.2) is 11.6 Å². The second-order valence-electron chi connectivity index (χ2n) is 6.13. The normalized spacial score (nSPS) is 40.0. The summed E-state index contributed by atoms with van der Waals surface area (Å²) in [6.07, 6.45) is 6.77. The lowest BCUT2D eigenvalue weighted by Crippen LogP contribution is -2.28. The SMILES string of the molecule is CC(=O)C/C=C1/C[C@H]2CC[C@]1(C)C2(C)C. The van der Waals surface area contributed by atoms with Gasteiger partial charge in [0.1, 0.15) is 5.78 Å². The molecule has 0 aromatic carbocycles. The number of allylic oxidation sites excluding steroid dienone is 2. The third-order valence-corrected chi connectivity index (χ3v) is 5.25. The second kappa shape index (κ2) is 3.20. The van der Waals surface area contributed by atoms with E-state index in [-0.39, 0.29) is 5.78 Å². The molecule has 2 aliphatic carbocycles. The molecule has 0 aromatic heterocycles. The summed E-state index contributed by atoms with van der Waals surface area (Å²) in [5.74, 6) is 1.13. The van der Waals surface area contributed by atoms with E-state index >= 15 is 0 Å². The fourth-order valence-electron chi connectivity index (χ4n) is 3.59. The van der Waals surface area contributed by atoms with E-state index < -0.39 is 0 Å². The van der Waals surface area contributed by atoms with Crippen LogP contribution in [0.4, 0.5) is 0 Å². The molecule has 2 saturated carbocycles. The van der Waals surface area contributed by atoms with Crippen LogP contribution in [0.2, 0.25) is 0 Å².